The Kier molecular flexibility index (Phi) is 16.2. The third-order valence-corrected chi connectivity index (χ3v) is 17.2. The van der Waals surface area contributed by atoms with Gasteiger partial charge < -0.3 is 11.5 Å². The first-order chi connectivity index (χ1) is 33.8. The number of carbonyl (C=O) groups is 2. The number of ketones is 1. The molecule has 5 N–H and O–H groups in total. The number of thiazole rings is 3. The van der Waals surface area contributed by atoms with Crippen LogP contribution in [0.25, 0.3) is 33.8 Å². The number of nitrogen functional groups attached to an aromatic ring is 2. The van der Waals surface area contributed by atoms with Crippen LogP contribution in [0.3, 0.4) is 0 Å². The molecule has 8 nitrogen and oxygen atoms in total. The van der Waals surface area contributed by atoms with Crippen LogP contribution in [0.2, 0.25) is 0 Å². The number of rotatable bonds is 2. The highest BCUT2D eigenvalue weighted by atomic mass is 79.9. The third kappa shape index (κ3) is 11.7. The Bertz CT molecular complexity index is 3160. The van der Waals surface area contributed by atoms with Crippen LogP contribution in [0.15, 0.2) is 109 Å². The third-order valence-electron chi connectivity index (χ3n) is 12.3. The van der Waals surface area contributed by atoms with Crippen LogP contribution in [0, 0.1) is 11.6 Å². The molecule has 0 atom stereocenters. The summed E-state index contributed by atoms with van der Waals surface area (Å²) in [4.78, 5) is 40.9. The molecule has 0 radical (unpaired) electrons. The maximum atomic E-state index is 13.8. The SMILES string of the molecule is Nc1nc2c(s1)CCCc1ccc(Br)cc1-2.Nc1nc2c(s1)CCCc1ccc(Br)cc1-2.O=C(Nc1nc2c(s1)CCCc1ccc(Br)cc1-2)c1c(F)cccc1F.O=C1CCCc2ccc(Br)cc21. The molecule has 3 aromatic heterocycles. The molecule has 0 spiro atoms. The lowest BCUT2D eigenvalue weighted by molar-refractivity contribution is 0.0970. The molecular formula is C53H44Br4F2N6O2S3. The van der Waals surface area contributed by atoms with Crippen LogP contribution in [-0.2, 0) is 44.9 Å². The van der Waals surface area contributed by atoms with E-state index < -0.39 is 23.1 Å². The molecule has 4 aliphatic rings. The van der Waals surface area contributed by atoms with E-state index in [-0.39, 0.29) is 5.78 Å². The van der Waals surface area contributed by atoms with E-state index >= 15 is 0 Å². The normalized spacial score (nSPS) is 13.9. The fraction of sp³-hybridized carbons (Fsp3) is 0.226. The van der Waals surface area contributed by atoms with E-state index in [1.54, 1.807) is 22.7 Å². The molecular weight excluding hydrogens is 1210 g/mol. The van der Waals surface area contributed by atoms with Crippen molar-refractivity contribution in [1.82, 2.24) is 15.0 Å². The van der Waals surface area contributed by atoms with Gasteiger partial charge in [0.2, 0.25) is 0 Å². The highest BCUT2D eigenvalue weighted by molar-refractivity contribution is 9.11. The molecule has 0 saturated carbocycles. The Hall–Kier alpha value is -4.49. The summed E-state index contributed by atoms with van der Waals surface area (Å²) in [5, 5.41) is 4.24. The number of fused-ring (bicyclic) bond motifs is 10. The average Bonchev–Trinajstić information content (AvgIpc) is 3.93. The van der Waals surface area contributed by atoms with Crippen LogP contribution in [0.1, 0.15) is 89.7 Å². The van der Waals surface area contributed by atoms with Crippen LogP contribution >= 0.6 is 97.7 Å². The zero-order valence-electron chi connectivity index (χ0n) is 37.5. The highest BCUT2D eigenvalue weighted by Gasteiger charge is 2.24. The predicted octanol–water partition coefficient (Wildman–Crippen LogP) is 15.8. The van der Waals surface area contributed by atoms with Crippen molar-refractivity contribution in [2.75, 3.05) is 16.8 Å². The molecule has 0 saturated heterocycles. The topological polar surface area (TPSA) is 137 Å². The van der Waals surface area contributed by atoms with E-state index in [0.29, 0.717) is 21.8 Å². The average molecular weight is 1250 g/mol. The molecule has 0 unspecified atom stereocenters. The number of aromatic nitrogens is 3. The molecule has 3 heterocycles. The molecule has 1 amide bonds. The first-order valence-electron chi connectivity index (χ1n) is 22.7. The van der Waals surface area contributed by atoms with Crippen LogP contribution < -0.4 is 16.8 Å². The second-order valence-electron chi connectivity index (χ2n) is 17.0. The molecule has 17 heteroatoms. The van der Waals surface area contributed by atoms with Crippen molar-refractivity contribution in [3.05, 3.63) is 169 Å². The van der Waals surface area contributed by atoms with E-state index in [4.69, 9.17) is 11.5 Å². The van der Waals surface area contributed by atoms with Gasteiger partial charge in [0.25, 0.3) is 5.91 Å². The van der Waals surface area contributed by atoms with E-state index in [0.717, 1.165) is 121 Å². The summed E-state index contributed by atoms with van der Waals surface area (Å²) in [5.74, 6) is -2.33. The summed E-state index contributed by atoms with van der Waals surface area (Å²) >= 11 is 18.5. The number of nitrogens with one attached hydrogen (secondary N) is 1. The monoisotopic (exact) mass is 1250 g/mol. The van der Waals surface area contributed by atoms with Crippen molar-refractivity contribution in [3.63, 3.8) is 0 Å². The molecule has 70 heavy (non-hydrogen) atoms. The summed E-state index contributed by atoms with van der Waals surface area (Å²) in [6.45, 7) is 0. The van der Waals surface area contributed by atoms with Gasteiger partial charge in [-0.05, 0) is 154 Å². The number of benzene rings is 5. The van der Waals surface area contributed by atoms with Gasteiger partial charge in [0.05, 0.1) is 17.1 Å². The number of hydrogen-bond acceptors (Lipinski definition) is 10. The Morgan fingerprint density at radius 1 is 0.500 bits per heavy atom. The molecule has 0 bridgehead atoms. The maximum absolute atomic E-state index is 13.8. The van der Waals surface area contributed by atoms with Gasteiger partial charge in [0.15, 0.2) is 21.2 Å². The van der Waals surface area contributed by atoms with Gasteiger partial charge in [0, 0.05) is 61.2 Å². The largest absolute Gasteiger partial charge is 0.375 e. The number of Topliss-reactive ketones (excluding diaryl/α,β-unsaturated/α-hetero) is 1. The van der Waals surface area contributed by atoms with Crippen LogP contribution in [0.4, 0.5) is 24.2 Å². The number of halogens is 6. The molecule has 4 aliphatic carbocycles. The first-order valence-corrected chi connectivity index (χ1v) is 28.3. The van der Waals surface area contributed by atoms with Gasteiger partial charge in [-0.1, -0.05) is 94.1 Å². The van der Waals surface area contributed by atoms with Crippen molar-refractivity contribution < 1.29 is 18.4 Å². The first kappa shape index (κ1) is 50.5. The zero-order valence-corrected chi connectivity index (χ0v) is 46.2. The van der Waals surface area contributed by atoms with Gasteiger partial charge in [-0.3, -0.25) is 14.9 Å². The van der Waals surface area contributed by atoms with E-state index in [1.165, 1.54) is 73.4 Å². The van der Waals surface area contributed by atoms with E-state index in [9.17, 15) is 18.4 Å². The fourth-order valence-electron chi connectivity index (χ4n) is 9.04. The molecule has 358 valence electrons. The van der Waals surface area contributed by atoms with Crippen molar-refractivity contribution in [2.45, 2.75) is 77.0 Å². The number of nitrogens with zero attached hydrogens (tertiary/aromatic N) is 3. The van der Waals surface area contributed by atoms with E-state index in [1.807, 2.05) is 30.3 Å². The van der Waals surface area contributed by atoms with Crippen molar-refractivity contribution >= 4 is 125 Å². The second-order valence-corrected chi connectivity index (χ2v) is 24.0. The lowest BCUT2D eigenvalue weighted by atomic mass is 9.91. The summed E-state index contributed by atoms with van der Waals surface area (Å²) in [7, 11) is 0. The minimum atomic E-state index is -0.894. The Balaban J connectivity index is 0.000000121. The van der Waals surface area contributed by atoms with Gasteiger partial charge in [0.1, 0.15) is 17.2 Å². The van der Waals surface area contributed by atoms with Crippen LogP contribution in [-0.4, -0.2) is 26.6 Å². The Labute approximate surface area is 450 Å². The number of carbonyl (C=O) groups excluding carboxylic acids is 2. The van der Waals surface area contributed by atoms with Gasteiger partial charge in [-0.15, -0.1) is 34.0 Å². The molecule has 5 aromatic carbocycles. The zero-order chi connectivity index (χ0) is 49.1. The number of hydrogen-bond donors (Lipinski definition) is 3. The summed E-state index contributed by atoms with van der Waals surface area (Å²) < 4.78 is 31.8. The predicted molar refractivity (Wildman–Crippen MR) is 296 cm³/mol. The molecule has 8 aromatic rings. The summed E-state index contributed by atoms with van der Waals surface area (Å²) in [6.07, 6.45) is 12.4. The standard InChI is InChI=1S/C19H13BrF2N2OS.2C12H11BrN2S.C10H9BrO/c20-11-8-7-10-3-1-6-15-17(12(10)9-11)23-19(26-15)24-18(25)16-13(21)4-2-5-14(16)22;2*13-8-5-4-7-2-1-3-10-11(9(7)6-8)15-12(14)16-10;11-8-5-4-7-2-1-3-10(12)9(7)6-8/h2,4-5,7-9H,1,3,6H2,(H,23,24,25);2*4-6H,1-3H2,(H2,14,15);4-6H,1-3H2. The van der Waals surface area contributed by atoms with Crippen LogP contribution in [0.5, 0.6) is 0 Å². The van der Waals surface area contributed by atoms with Crippen molar-refractivity contribution in [3.8, 4) is 33.8 Å². The van der Waals surface area contributed by atoms with Crippen molar-refractivity contribution in [2.24, 2.45) is 0 Å². The molecule has 12 rings (SSSR count). The smallest absolute Gasteiger partial charge is 0.263 e. The number of anilines is 3. The molecule has 0 fully saturated rings. The molecule has 0 aliphatic heterocycles. The maximum Gasteiger partial charge on any atom is 0.263 e. The number of aryl methyl sites for hydroxylation is 7. The van der Waals surface area contributed by atoms with Gasteiger partial charge in [-0.25, -0.2) is 23.7 Å². The summed E-state index contributed by atoms with van der Waals surface area (Å²) in [5.41, 5.74) is 23.6. The Morgan fingerprint density at radius 2 is 0.871 bits per heavy atom. The lowest BCUT2D eigenvalue weighted by Gasteiger charge is -2.13. The Morgan fingerprint density at radius 3 is 1.31 bits per heavy atom. The number of nitrogens with two attached hydrogens (primary N) is 2. The van der Waals surface area contributed by atoms with Gasteiger partial charge >= 0.3 is 0 Å². The number of amides is 1. The quantitative estimate of drug-likeness (QED) is 0.157. The van der Waals surface area contributed by atoms with Gasteiger partial charge in [-0.2, -0.15) is 0 Å². The highest BCUT2D eigenvalue weighted by Crippen LogP contribution is 2.41. The minimum absolute atomic E-state index is 0.289. The lowest BCUT2D eigenvalue weighted by Crippen LogP contribution is -2.15. The van der Waals surface area contributed by atoms with Crippen molar-refractivity contribution in [1.29, 1.82) is 0 Å². The minimum Gasteiger partial charge on any atom is -0.375 e. The second kappa shape index (κ2) is 22.5. The fourth-order valence-corrected chi connectivity index (χ4v) is 13.3. The van der Waals surface area contributed by atoms with E-state index in [2.05, 4.69) is 126 Å². The summed E-state index contributed by atoms with van der Waals surface area (Å²) in [6, 6.07) is 28.3.